The van der Waals surface area contributed by atoms with Crippen LogP contribution in [0.2, 0.25) is 0 Å². The van der Waals surface area contributed by atoms with Crippen molar-refractivity contribution in [3.05, 3.63) is 101 Å². The van der Waals surface area contributed by atoms with Gasteiger partial charge in [-0.25, -0.2) is 9.59 Å². The Morgan fingerprint density at radius 2 is 1.34 bits per heavy atom. The summed E-state index contributed by atoms with van der Waals surface area (Å²) in [6, 6.07) is 17.1. The highest BCUT2D eigenvalue weighted by molar-refractivity contribution is 5.94. The zero-order valence-electron chi connectivity index (χ0n) is 30.3. The molecule has 3 unspecified atom stereocenters. The van der Waals surface area contributed by atoms with Crippen LogP contribution in [0.4, 0.5) is 4.79 Å². The number of amides is 3. The smallest absolute Gasteiger partial charge is 0.408 e. The second-order valence-corrected chi connectivity index (χ2v) is 14.4. The van der Waals surface area contributed by atoms with Crippen molar-refractivity contribution in [2.45, 2.75) is 97.6 Å². The molecule has 0 aliphatic rings. The zero-order valence-corrected chi connectivity index (χ0v) is 30.3. The largest absolute Gasteiger partial charge is 0.508 e. The predicted molar refractivity (Wildman–Crippen MR) is 190 cm³/mol. The van der Waals surface area contributed by atoms with Gasteiger partial charge in [-0.2, -0.15) is 0 Å². The number of nitrogens with zero attached hydrogens (tertiary/aromatic N) is 1. The Kier molecular flexibility index (Phi) is 13.6. The van der Waals surface area contributed by atoms with Gasteiger partial charge in [0.25, 0.3) is 0 Å². The molecule has 50 heavy (non-hydrogen) atoms. The number of hydrogen-bond acceptors (Lipinski definition) is 8. The molecule has 0 saturated carbocycles. The predicted octanol–water partition coefficient (Wildman–Crippen LogP) is 5.08. The van der Waals surface area contributed by atoms with Crippen molar-refractivity contribution in [2.24, 2.45) is 0 Å². The van der Waals surface area contributed by atoms with E-state index >= 15 is 0 Å². The summed E-state index contributed by atoms with van der Waals surface area (Å²) in [4.78, 5) is 57.0. The molecule has 3 aromatic rings. The van der Waals surface area contributed by atoms with Crippen molar-refractivity contribution in [3.63, 3.8) is 0 Å². The molecule has 0 heterocycles. The Labute approximate surface area is 295 Å². The third-order valence-corrected chi connectivity index (χ3v) is 7.56. The van der Waals surface area contributed by atoms with E-state index in [9.17, 15) is 29.4 Å². The summed E-state index contributed by atoms with van der Waals surface area (Å²) in [6.45, 7) is 13.2. The molecule has 0 bridgehead atoms. The molecule has 11 heteroatoms. The maximum Gasteiger partial charge on any atom is 0.408 e. The number of hydrogen-bond donors (Lipinski definition) is 4. The highest BCUT2D eigenvalue weighted by atomic mass is 16.6. The second kappa shape index (κ2) is 17.2. The van der Waals surface area contributed by atoms with Crippen LogP contribution in [0.1, 0.15) is 75.4 Å². The molecular weight excluding hydrogens is 638 g/mol. The number of rotatable bonds is 13. The molecule has 0 aliphatic carbocycles. The molecule has 0 spiro atoms. The molecule has 3 aromatic carbocycles. The number of phenolic OH excluding ortho intramolecular Hbond substituents is 1. The molecular formula is C39H51N3O8. The fourth-order valence-corrected chi connectivity index (χ4v) is 5.44. The fourth-order valence-electron chi connectivity index (χ4n) is 5.44. The Morgan fingerprint density at radius 3 is 1.90 bits per heavy atom. The number of nitrogens with one attached hydrogen (secondary N) is 2. The average Bonchev–Trinajstić information content (AvgIpc) is 3.00. The lowest BCUT2D eigenvalue weighted by atomic mass is 9.95. The Hall–Kier alpha value is -4.90. The highest BCUT2D eigenvalue weighted by Gasteiger charge is 2.39. The minimum absolute atomic E-state index is 0.0178. The lowest BCUT2D eigenvalue weighted by Crippen LogP contribution is -2.56. The van der Waals surface area contributed by atoms with Crippen molar-refractivity contribution in [3.8, 4) is 5.75 Å². The number of carbonyl (C=O) groups is 4. The summed E-state index contributed by atoms with van der Waals surface area (Å²) >= 11 is 0. The van der Waals surface area contributed by atoms with E-state index < -0.39 is 59.8 Å². The monoisotopic (exact) mass is 689 g/mol. The van der Waals surface area contributed by atoms with Crippen molar-refractivity contribution in [1.29, 1.82) is 0 Å². The first-order valence-corrected chi connectivity index (χ1v) is 16.7. The van der Waals surface area contributed by atoms with E-state index in [1.807, 2.05) is 56.3 Å². The van der Waals surface area contributed by atoms with Gasteiger partial charge >= 0.3 is 12.1 Å². The maximum atomic E-state index is 14.6. The van der Waals surface area contributed by atoms with Crippen LogP contribution < -0.4 is 10.6 Å². The topological polar surface area (TPSA) is 154 Å². The SMILES string of the molecule is Cc1ccc(C(C(=O)NC(Cc2ccccc2)C(=O)OC(C)(C)C)N(CCO)C(=O)C(Cc2ccc(O)cc2)NC(=O)OC(C)(C)C)c(C)c1. The molecule has 3 atom stereocenters. The van der Waals surface area contributed by atoms with Gasteiger partial charge in [0.05, 0.1) is 6.61 Å². The summed E-state index contributed by atoms with van der Waals surface area (Å²) < 4.78 is 11.2. The van der Waals surface area contributed by atoms with Crippen molar-refractivity contribution in [1.82, 2.24) is 15.5 Å². The fraction of sp³-hybridized carbons (Fsp3) is 0.436. The summed E-state index contributed by atoms with van der Waals surface area (Å²) in [5, 5.41) is 25.6. The first kappa shape index (κ1) is 39.5. The van der Waals surface area contributed by atoms with Crippen molar-refractivity contribution in [2.75, 3.05) is 13.2 Å². The number of carbonyl (C=O) groups excluding carboxylic acids is 4. The van der Waals surface area contributed by atoms with Crippen LogP contribution in [0.5, 0.6) is 5.75 Å². The number of ether oxygens (including phenoxy) is 2. The second-order valence-electron chi connectivity index (χ2n) is 14.4. The number of aliphatic hydroxyl groups is 1. The quantitative estimate of drug-likeness (QED) is 0.181. The number of phenols is 1. The highest BCUT2D eigenvalue weighted by Crippen LogP contribution is 2.28. The van der Waals surface area contributed by atoms with Gasteiger partial charge in [-0.15, -0.1) is 0 Å². The van der Waals surface area contributed by atoms with E-state index in [1.54, 1.807) is 59.7 Å². The molecule has 270 valence electrons. The Morgan fingerprint density at radius 1 is 0.760 bits per heavy atom. The number of aromatic hydroxyl groups is 1. The minimum atomic E-state index is -1.32. The zero-order chi connectivity index (χ0) is 37.2. The van der Waals surface area contributed by atoms with E-state index in [-0.39, 0.29) is 25.1 Å². The van der Waals surface area contributed by atoms with Crippen LogP contribution in [0.25, 0.3) is 0 Å². The summed E-state index contributed by atoms with van der Waals surface area (Å²) in [5.74, 6) is -1.97. The average molecular weight is 690 g/mol. The minimum Gasteiger partial charge on any atom is -0.508 e. The molecule has 3 amide bonds. The van der Waals surface area contributed by atoms with Crippen LogP contribution in [0, 0.1) is 13.8 Å². The van der Waals surface area contributed by atoms with Gasteiger partial charge in [-0.1, -0.05) is 66.2 Å². The lowest BCUT2D eigenvalue weighted by Gasteiger charge is -2.35. The first-order valence-electron chi connectivity index (χ1n) is 16.7. The van der Waals surface area contributed by atoms with Crippen molar-refractivity contribution < 1.29 is 38.9 Å². The van der Waals surface area contributed by atoms with Gasteiger partial charge in [0.15, 0.2) is 0 Å². The van der Waals surface area contributed by atoms with Crippen LogP contribution >= 0.6 is 0 Å². The molecule has 11 nitrogen and oxygen atoms in total. The maximum absolute atomic E-state index is 14.6. The number of benzene rings is 3. The van der Waals surface area contributed by atoms with E-state index in [4.69, 9.17) is 9.47 Å². The lowest BCUT2D eigenvalue weighted by molar-refractivity contribution is -0.159. The van der Waals surface area contributed by atoms with E-state index in [0.717, 1.165) is 11.1 Å². The first-order chi connectivity index (χ1) is 23.4. The molecule has 4 N–H and O–H groups in total. The Bertz CT molecular complexity index is 1610. The van der Waals surface area contributed by atoms with Crippen LogP contribution in [-0.4, -0.2) is 75.4 Å². The Balaban J connectivity index is 2.12. The third-order valence-electron chi connectivity index (χ3n) is 7.56. The van der Waals surface area contributed by atoms with Gasteiger partial charge in [-0.05, 0) is 89.8 Å². The van der Waals surface area contributed by atoms with Crippen LogP contribution in [-0.2, 0) is 36.7 Å². The van der Waals surface area contributed by atoms with Gasteiger partial charge < -0.3 is 35.2 Å². The van der Waals surface area contributed by atoms with E-state index in [0.29, 0.717) is 16.7 Å². The number of aliphatic hydroxyl groups excluding tert-OH is 1. The van der Waals surface area contributed by atoms with Gasteiger partial charge in [-0.3, -0.25) is 9.59 Å². The van der Waals surface area contributed by atoms with Gasteiger partial charge in [0.2, 0.25) is 11.8 Å². The molecule has 0 radical (unpaired) electrons. The molecule has 0 saturated heterocycles. The number of aryl methyl sites for hydroxylation is 2. The third kappa shape index (κ3) is 12.2. The normalized spacial score (nSPS) is 13.4. The van der Waals surface area contributed by atoms with Crippen LogP contribution in [0.3, 0.4) is 0 Å². The molecule has 0 aliphatic heterocycles. The number of esters is 1. The number of alkyl carbamates (subject to hydrolysis) is 1. The van der Waals surface area contributed by atoms with Crippen LogP contribution in [0.15, 0.2) is 72.8 Å². The molecule has 0 fully saturated rings. The van der Waals surface area contributed by atoms with E-state index in [2.05, 4.69) is 10.6 Å². The van der Waals surface area contributed by atoms with E-state index in [1.165, 1.54) is 17.0 Å². The summed E-state index contributed by atoms with van der Waals surface area (Å²) in [7, 11) is 0. The summed E-state index contributed by atoms with van der Waals surface area (Å²) in [6.07, 6.45) is -0.742. The van der Waals surface area contributed by atoms with Gasteiger partial charge in [0.1, 0.15) is 35.1 Å². The molecule has 0 aromatic heterocycles. The van der Waals surface area contributed by atoms with Crippen molar-refractivity contribution >= 4 is 23.9 Å². The standard InChI is InChI=1S/C39H51N3O8/c1-25-14-19-30(26(2)22-25)33(34(45)40-32(36(47)49-38(3,4)5)24-27-12-10-9-11-13-27)42(20-21-43)35(46)31(41-37(48)50-39(6,7)8)23-28-15-17-29(44)18-16-28/h9-19,22,31-33,43-44H,20-21,23-24H2,1-8H3,(H,40,45)(H,41,48). The van der Waals surface area contributed by atoms with Gasteiger partial charge in [0, 0.05) is 19.4 Å². The molecule has 3 rings (SSSR count). The summed E-state index contributed by atoms with van der Waals surface area (Å²) in [5.41, 5.74) is 1.80.